The summed E-state index contributed by atoms with van der Waals surface area (Å²) >= 11 is 0. The van der Waals surface area contributed by atoms with E-state index in [4.69, 9.17) is 0 Å². The van der Waals surface area contributed by atoms with E-state index in [1.54, 1.807) is 0 Å². The van der Waals surface area contributed by atoms with Crippen molar-refractivity contribution in [3.05, 3.63) is 11.6 Å². The molecule has 0 aliphatic rings. The second kappa shape index (κ2) is 12.4. The quantitative estimate of drug-likeness (QED) is 0.338. The van der Waals surface area contributed by atoms with Gasteiger partial charge < -0.3 is 5.11 Å². The van der Waals surface area contributed by atoms with Crippen LogP contribution in [0.4, 0.5) is 0 Å². The number of allylic oxidation sites excluding steroid dienone is 2. The first kappa shape index (κ1) is 19.7. The van der Waals surface area contributed by atoms with E-state index in [0.29, 0.717) is 11.8 Å². The van der Waals surface area contributed by atoms with Crippen molar-refractivity contribution >= 4 is 0 Å². The van der Waals surface area contributed by atoms with Crippen LogP contribution >= 0.6 is 0 Å². The van der Waals surface area contributed by atoms with Crippen LogP contribution in [0.2, 0.25) is 0 Å². The fraction of sp³-hybridized carbons (Fsp3) is 0.895. The van der Waals surface area contributed by atoms with Crippen LogP contribution in [0.15, 0.2) is 11.6 Å². The molecule has 1 unspecified atom stereocenters. The average molecular weight is 283 g/mol. The van der Waals surface area contributed by atoms with Gasteiger partial charge in [-0.15, -0.1) is 0 Å². The summed E-state index contributed by atoms with van der Waals surface area (Å²) in [5.74, 6) is 1.31. The summed E-state index contributed by atoms with van der Waals surface area (Å²) in [5, 5.41) is 10.2. The van der Waals surface area contributed by atoms with Crippen molar-refractivity contribution in [1.82, 2.24) is 0 Å². The maximum absolute atomic E-state index is 10.2. The van der Waals surface area contributed by atoms with Gasteiger partial charge in [-0.1, -0.05) is 64.5 Å². The molecule has 0 aliphatic heterocycles. The van der Waals surface area contributed by atoms with Gasteiger partial charge in [0.2, 0.25) is 0 Å². The Hall–Kier alpha value is -0.300. The first-order valence-electron chi connectivity index (χ1n) is 8.77. The van der Waals surface area contributed by atoms with Crippen LogP contribution in [0.5, 0.6) is 0 Å². The van der Waals surface area contributed by atoms with E-state index < -0.39 is 0 Å². The Balaban J connectivity index is 3.69. The van der Waals surface area contributed by atoms with Crippen molar-refractivity contribution in [1.29, 1.82) is 0 Å². The van der Waals surface area contributed by atoms with Crippen LogP contribution in [0.1, 0.15) is 92.4 Å². The number of hydrogen-bond donors (Lipinski definition) is 1. The highest BCUT2D eigenvalue weighted by atomic mass is 16.3. The Morgan fingerprint density at radius 2 is 1.55 bits per heavy atom. The van der Waals surface area contributed by atoms with Gasteiger partial charge in [0.25, 0.3) is 0 Å². The molecule has 20 heavy (non-hydrogen) atoms. The number of aliphatic hydroxyl groups excluding tert-OH is 1. The van der Waals surface area contributed by atoms with Crippen LogP contribution in [0.3, 0.4) is 0 Å². The number of rotatable bonds is 12. The first-order chi connectivity index (χ1) is 9.45. The van der Waals surface area contributed by atoms with E-state index in [1.165, 1.54) is 44.1 Å². The molecule has 0 amide bonds. The Morgan fingerprint density at radius 3 is 2.10 bits per heavy atom. The van der Waals surface area contributed by atoms with E-state index in [9.17, 15) is 5.11 Å². The summed E-state index contributed by atoms with van der Waals surface area (Å²) in [5.41, 5.74) is 1.40. The topological polar surface area (TPSA) is 20.2 Å². The van der Waals surface area contributed by atoms with E-state index in [2.05, 4.69) is 40.7 Å². The van der Waals surface area contributed by atoms with Gasteiger partial charge >= 0.3 is 0 Å². The molecule has 3 atom stereocenters. The van der Waals surface area contributed by atoms with Gasteiger partial charge in [0, 0.05) is 0 Å². The summed E-state index contributed by atoms with van der Waals surface area (Å²) in [6.07, 6.45) is 13.1. The van der Waals surface area contributed by atoms with Gasteiger partial charge in [-0.3, -0.25) is 0 Å². The third-order valence-corrected chi connectivity index (χ3v) is 4.11. The van der Waals surface area contributed by atoms with E-state index in [1.807, 2.05) is 0 Å². The molecule has 120 valence electrons. The standard InChI is InChI=1S/C19H38O/c1-6-7-8-9-12-17(4)14-19(20)15-18(5)13-10-11-16(2)3/h11,17-20H,6-10,12-15H2,1-5H3/t17-,18+,19?/m1/s1. The fourth-order valence-electron chi connectivity index (χ4n) is 2.84. The Bertz CT molecular complexity index is 240. The molecular formula is C19H38O. The zero-order chi connectivity index (χ0) is 15.4. The summed E-state index contributed by atoms with van der Waals surface area (Å²) in [6.45, 7) is 11.1. The van der Waals surface area contributed by atoms with Crippen LogP contribution in [0.25, 0.3) is 0 Å². The van der Waals surface area contributed by atoms with Crippen molar-refractivity contribution in [3.63, 3.8) is 0 Å². The normalized spacial score (nSPS) is 15.7. The lowest BCUT2D eigenvalue weighted by molar-refractivity contribution is 0.116. The molecule has 1 nitrogen and oxygen atoms in total. The molecule has 0 aromatic heterocycles. The molecule has 0 saturated carbocycles. The molecule has 1 heteroatoms. The first-order valence-corrected chi connectivity index (χ1v) is 8.77. The highest BCUT2D eigenvalue weighted by Crippen LogP contribution is 2.21. The highest BCUT2D eigenvalue weighted by molar-refractivity contribution is 4.92. The monoisotopic (exact) mass is 282 g/mol. The van der Waals surface area contributed by atoms with Crippen LogP contribution in [-0.2, 0) is 0 Å². The average Bonchev–Trinajstić information content (AvgIpc) is 2.33. The predicted molar refractivity (Wildman–Crippen MR) is 91.0 cm³/mol. The predicted octanol–water partition coefficient (Wildman–Crippen LogP) is 6.12. The maximum Gasteiger partial charge on any atom is 0.0545 e. The lowest BCUT2D eigenvalue weighted by Crippen LogP contribution is -2.15. The molecule has 0 aliphatic carbocycles. The van der Waals surface area contributed by atoms with Gasteiger partial charge in [-0.25, -0.2) is 0 Å². The fourth-order valence-corrected chi connectivity index (χ4v) is 2.84. The summed E-state index contributed by atoms with van der Waals surface area (Å²) in [6, 6.07) is 0. The summed E-state index contributed by atoms with van der Waals surface area (Å²) in [7, 11) is 0. The Kier molecular flexibility index (Phi) is 12.3. The maximum atomic E-state index is 10.2. The van der Waals surface area contributed by atoms with Crippen molar-refractivity contribution in [3.8, 4) is 0 Å². The van der Waals surface area contributed by atoms with Crippen LogP contribution < -0.4 is 0 Å². The zero-order valence-electron chi connectivity index (χ0n) is 14.6. The Morgan fingerprint density at radius 1 is 0.950 bits per heavy atom. The van der Waals surface area contributed by atoms with Crippen LogP contribution in [-0.4, -0.2) is 11.2 Å². The molecule has 0 heterocycles. The van der Waals surface area contributed by atoms with Gasteiger partial charge in [0.05, 0.1) is 6.10 Å². The van der Waals surface area contributed by atoms with Gasteiger partial charge in [-0.2, -0.15) is 0 Å². The third-order valence-electron chi connectivity index (χ3n) is 4.11. The van der Waals surface area contributed by atoms with Gasteiger partial charge in [-0.05, 0) is 51.4 Å². The van der Waals surface area contributed by atoms with Crippen molar-refractivity contribution in [2.24, 2.45) is 11.8 Å². The molecule has 0 aromatic carbocycles. The lowest BCUT2D eigenvalue weighted by atomic mass is 9.91. The smallest absolute Gasteiger partial charge is 0.0545 e. The van der Waals surface area contributed by atoms with E-state index in [-0.39, 0.29) is 6.10 Å². The van der Waals surface area contributed by atoms with Crippen molar-refractivity contribution < 1.29 is 5.11 Å². The van der Waals surface area contributed by atoms with Crippen molar-refractivity contribution in [2.75, 3.05) is 0 Å². The molecule has 0 spiro atoms. The Labute approximate surface area is 127 Å². The molecule has 0 saturated heterocycles. The molecule has 0 fully saturated rings. The zero-order valence-corrected chi connectivity index (χ0v) is 14.6. The number of unbranched alkanes of at least 4 members (excludes halogenated alkanes) is 3. The molecule has 1 N–H and O–H groups in total. The van der Waals surface area contributed by atoms with E-state index in [0.717, 1.165) is 19.3 Å². The van der Waals surface area contributed by atoms with Crippen molar-refractivity contribution in [2.45, 2.75) is 98.5 Å². The van der Waals surface area contributed by atoms with Gasteiger partial charge in [0.15, 0.2) is 0 Å². The second-order valence-electron chi connectivity index (χ2n) is 7.04. The van der Waals surface area contributed by atoms with E-state index >= 15 is 0 Å². The molecule has 0 radical (unpaired) electrons. The minimum absolute atomic E-state index is 0.0992. The third kappa shape index (κ3) is 12.7. The highest BCUT2D eigenvalue weighted by Gasteiger charge is 2.13. The second-order valence-corrected chi connectivity index (χ2v) is 7.04. The molecular weight excluding hydrogens is 244 g/mol. The lowest BCUT2D eigenvalue weighted by Gasteiger charge is -2.19. The minimum atomic E-state index is -0.0992. The SMILES string of the molecule is CCCCCC[C@@H](C)CC(O)C[C@@H](C)CCC=C(C)C. The molecule has 0 aromatic rings. The summed E-state index contributed by atoms with van der Waals surface area (Å²) < 4.78 is 0. The number of hydrogen-bond acceptors (Lipinski definition) is 1. The minimum Gasteiger partial charge on any atom is -0.393 e. The van der Waals surface area contributed by atoms with Gasteiger partial charge in [0.1, 0.15) is 0 Å². The molecule has 0 bridgehead atoms. The molecule has 0 rings (SSSR count). The van der Waals surface area contributed by atoms with Crippen LogP contribution in [0, 0.1) is 11.8 Å². The number of aliphatic hydroxyl groups is 1. The summed E-state index contributed by atoms with van der Waals surface area (Å²) in [4.78, 5) is 0. The largest absolute Gasteiger partial charge is 0.393 e.